The second kappa shape index (κ2) is 7.42. The fraction of sp³-hybridized carbons (Fsp3) is 0.158. The monoisotopic (exact) mass is 396 g/mol. The highest BCUT2D eigenvalue weighted by Crippen LogP contribution is 2.27. The Kier molecular flexibility index (Phi) is 4.83. The normalized spacial score (nSPS) is 10.9. The smallest absolute Gasteiger partial charge is 0.257 e. The fourth-order valence-electron chi connectivity index (χ4n) is 2.51. The summed E-state index contributed by atoms with van der Waals surface area (Å²) in [6, 6.07) is 13.1. The van der Waals surface area contributed by atoms with Gasteiger partial charge in [-0.25, -0.2) is 4.98 Å². The summed E-state index contributed by atoms with van der Waals surface area (Å²) in [6.07, 6.45) is 0. The van der Waals surface area contributed by atoms with Gasteiger partial charge in [-0.2, -0.15) is 8.75 Å². The molecule has 6 nitrogen and oxygen atoms in total. The zero-order chi connectivity index (χ0) is 18.8. The van der Waals surface area contributed by atoms with Gasteiger partial charge in [-0.05, 0) is 49.7 Å². The molecule has 4 rings (SSSR count). The number of carbonyl (C=O) groups is 1. The third kappa shape index (κ3) is 3.96. The highest BCUT2D eigenvalue weighted by atomic mass is 32.1. The molecular formula is C19H16N4O2S2. The average molecular weight is 396 g/mol. The minimum Gasteiger partial charge on any atom is -0.487 e. The molecule has 8 heteroatoms. The van der Waals surface area contributed by atoms with Gasteiger partial charge in [0.1, 0.15) is 18.1 Å². The van der Waals surface area contributed by atoms with E-state index in [1.807, 2.05) is 32.0 Å². The molecule has 136 valence electrons. The van der Waals surface area contributed by atoms with Crippen LogP contribution in [-0.4, -0.2) is 19.6 Å². The van der Waals surface area contributed by atoms with Gasteiger partial charge in [0.15, 0.2) is 5.13 Å². The topological polar surface area (TPSA) is 77.0 Å². The van der Waals surface area contributed by atoms with Crippen LogP contribution in [0.2, 0.25) is 0 Å². The van der Waals surface area contributed by atoms with Crippen LogP contribution < -0.4 is 10.1 Å². The van der Waals surface area contributed by atoms with Gasteiger partial charge in [-0.15, -0.1) is 0 Å². The molecule has 2 heterocycles. The Morgan fingerprint density at radius 2 is 2.04 bits per heavy atom. The first kappa shape index (κ1) is 17.6. The number of nitrogens with one attached hydrogen (secondary N) is 1. The number of hydrogen-bond acceptors (Lipinski definition) is 7. The van der Waals surface area contributed by atoms with Crippen LogP contribution in [0.4, 0.5) is 5.13 Å². The van der Waals surface area contributed by atoms with Crippen molar-refractivity contribution < 1.29 is 9.53 Å². The maximum absolute atomic E-state index is 12.6. The van der Waals surface area contributed by atoms with E-state index in [0.717, 1.165) is 33.3 Å². The number of amides is 1. The molecule has 0 aliphatic carbocycles. The van der Waals surface area contributed by atoms with Gasteiger partial charge < -0.3 is 4.74 Å². The third-order valence-corrected chi connectivity index (χ3v) is 5.57. The van der Waals surface area contributed by atoms with Crippen molar-refractivity contribution in [2.75, 3.05) is 5.32 Å². The summed E-state index contributed by atoms with van der Waals surface area (Å²) in [4.78, 5) is 17.0. The van der Waals surface area contributed by atoms with E-state index in [4.69, 9.17) is 4.74 Å². The zero-order valence-electron chi connectivity index (χ0n) is 14.7. The molecular weight excluding hydrogens is 380 g/mol. The van der Waals surface area contributed by atoms with Crippen LogP contribution in [0, 0.1) is 13.8 Å². The number of aryl methyl sites for hydroxylation is 2. The summed E-state index contributed by atoms with van der Waals surface area (Å²) in [5.74, 6) is 0.387. The van der Waals surface area contributed by atoms with Crippen molar-refractivity contribution in [3.63, 3.8) is 0 Å². The molecule has 4 aromatic rings. The summed E-state index contributed by atoms with van der Waals surface area (Å²) in [5, 5.41) is 3.45. The summed E-state index contributed by atoms with van der Waals surface area (Å²) < 4.78 is 15.1. The maximum atomic E-state index is 12.6. The standard InChI is InChI=1S/C19H16N4O2S2/c1-11-6-7-15-17(8-11)26-19(20-15)21-18(24)13-4-3-5-14(9-13)25-10-16-12(2)22-27-23-16/h3-9H,10H2,1-2H3,(H,20,21,24). The number of carbonyl (C=O) groups excluding carboxylic acids is 1. The molecule has 0 bridgehead atoms. The van der Waals surface area contributed by atoms with Crippen molar-refractivity contribution in [2.24, 2.45) is 0 Å². The molecule has 1 N–H and O–H groups in total. The van der Waals surface area contributed by atoms with Gasteiger partial charge in [-0.1, -0.05) is 23.5 Å². The Morgan fingerprint density at radius 1 is 1.15 bits per heavy atom. The highest BCUT2D eigenvalue weighted by molar-refractivity contribution is 7.22. The average Bonchev–Trinajstić information content (AvgIpc) is 3.25. The van der Waals surface area contributed by atoms with E-state index in [2.05, 4.69) is 25.1 Å². The van der Waals surface area contributed by atoms with E-state index in [1.54, 1.807) is 18.2 Å². The molecule has 0 saturated carbocycles. The van der Waals surface area contributed by atoms with E-state index in [1.165, 1.54) is 16.9 Å². The fourth-order valence-corrected chi connectivity index (χ4v) is 4.03. The van der Waals surface area contributed by atoms with Crippen molar-refractivity contribution in [2.45, 2.75) is 20.5 Å². The Balaban J connectivity index is 1.47. The molecule has 2 aromatic heterocycles. The zero-order valence-corrected chi connectivity index (χ0v) is 16.4. The lowest BCUT2D eigenvalue weighted by Gasteiger charge is -2.07. The van der Waals surface area contributed by atoms with Crippen LogP contribution in [0.1, 0.15) is 27.3 Å². The number of benzene rings is 2. The van der Waals surface area contributed by atoms with Gasteiger partial charge in [0.2, 0.25) is 0 Å². The molecule has 0 radical (unpaired) electrons. The van der Waals surface area contributed by atoms with Crippen molar-refractivity contribution in [1.29, 1.82) is 0 Å². The third-order valence-electron chi connectivity index (χ3n) is 3.98. The van der Waals surface area contributed by atoms with E-state index in [0.29, 0.717) is 23.1 Å². The molecule has 0 unspecified atom stereocenters. The number of hydrogen-bond donors (Lipinski definition) is 1. The molecule has 0 atom stereocenters. The molecule has 0 saturated heterocycles. The van der Waals surface area contributed by atoms with E-state index in [9.17, 15) is 4.79 Å². The van der Waals surface area contributed by atoms with Crippen molar-refractivity contribution in [1.82, 2.24) is 13.7 Å². The van der Waals surface area contributed by atoms with Gasteiger partial charge in [0, 0.05) is 5.56 Å². The Labute approximate surface area is 164 Å². The van der Waals surface area contributed by atoms with E-state index >= 15 is 0 Å². The minimum atomic E-state index is -0.220. The maximum Gasteiger partial charge on any atom is 0.257 e. The van der Waals surface area contributed by atoms with Crippen molar-refractivity contribution in [3.05, 3.63) is 65.0 Å². The molecule has 2 aromatic carbocycles. The second-order valence-corrected chi connectivity index (χ2v) is 7.62. The van der Waals surface area contributed by atoms with Gasteiger partial charge in [0.05, 0.1) is 27.6 Å². The predicted molar refractivity (Wildman–Crippen MR) is 108 cm³/mol. The molecule has 0 aliphatic heterocycles. The van der Waals surface area contributed by atoms with Gasteiger partial charge in [-0.3, -0.25) is 10.1 Å². The largest absolute Gasteiger partial charge is 0.487 e. The van der Waals surface area contributed by atoms with Crippen LogP contribution in [0.5, 0.6) is 5.75 Å². The van der Waals surface area contributed by atoms with Crippen LogP contribution in [0.25, 0.3) is 10.2 Å². The molecule has 0 spiro atoms. The Hall–Kier alpha value is -2.84. The Bertz CT molecular complexity index is 1120. The molecule has 1 amide bonds. The van der Waals surface area contributed by atoms with Crippen LogP contribution >= 0.6 is 23.1 Å². The first-order valence-corrected chi connectivity index (χ1v) is 9.82. The summed E-state index contributed by atoms with van der Waals surface area (Å²) in [5.41, 5.74) is 4.22. The first-order valence-electron chi connectivity index (χ1n) is 8.28. The van der Waals surface area contributed by atoms with Gasteiger partial charge >= 0.3 is 0 Å². The lowest BCUT2D eigenvalue weighted by atomic mass is 10.2. The summed E-state index contributed by atoms with van der Waals surface area (Å²) in [7, 11) is 0. The lowest BCUT2D eigenvalue weighted by Crippen LogP contribution is -2.11. The number of anilines is 1. The van der Waals surface area contributed by atoms with Gasteiger partial charge in [0.25, 0.3) is 5.91 Å². The summed E-state index contributed by atoms with van der Waals surface area (Å²) >= 11 is 2.62. The van der Waals surface area contributed by atoms with Crippen LogP contribution in [0.3, 0.4) is 0 Å². The SMILES string of the molecule is Cc1ccc2nc(NC(=O)c3cccc(OCc4nsnc4C)c3)sc2c1. The van der Waals surface area contributed by atoms with Crippen molar-refractivity contribution >= 4 is 44.3 Å². The van der Waals surface area contributed by atoms with Crippen LogP contribution in [0.15, 0.2) is 42.5 Å². The van der Waals surface area contributed by atoms with E-state index in [-0.39, 0.29) is 5.91 Å². The van der Waals surface area contributed by atoms with E-state index < -0.39 is 0 Å². The Morgan fingerprint density at radius 3 is 2.85 bits per heavy atom. The molecule has 27 heavy (non-hydrogen) atoms. The number of thiazole rings is 1. The lowest BCUT2D eigenvalue weighted by molar-refractivity contribution is 0.102. The molecule has 0 aliphatic rings. The number of nitrogens with zero attached hydrogens (tertiary/aromatic N) is 3. The summed E-state index contributed by atoms with van der Waals surface area (Å²) in [6.45, 7) is 4.25. The number of fused-ring (bicyclic) bond motifs is 1. The quantitative estimate of drug-likeness (QED) is 0.534. The van der Waals surface area contributed by atoms with Crippen molar-refractivity contribution in [3.8, 4) is 5.75 Å². The minimum absolute atomic E-state index is 0.220. The number of rotatable bonds is 5. The first-order chi connectivity index (χ1) is 13.1. The second-order valence-electron chi connectivity index (χ2n) is 6.06. The highest BCUT2D eigenvalue weighted by Gasteiger charge is 2.11. The predicted octanol–water partition coefficient (Wildman–Crippen LogP) is 4.60. The number of ether oxygens (including phenoxy) is 1. The number of aromatic nitrogens is 3. The van der Waals surface area contributed by atoms with Crippen LogP contribution in [-0.2, 0) is 6.61 Å². The molecule has 0 fully saturated rings.